The lowest BCUT2D eigenvalue weighted by atomic mass is 10.2. The summed E-state index contributed by atoms with van der Waals surface area (Å²) in [6.45, 7) is 2.94. The van der Waals surface area contributed by atoms with E-state index in [1.165, 1.54) is 25.2 Å². The number of hydrogen-bond donors (Lipinski definition) is 2. The maximum Gasteiger partial charge on any atom is 0.414 e. The van der Waals surface area contributed by atoms with E-state index >= 15 is 4.39 Å². The first-order chi connectivity index (χ1) is 18.7. The van der Waals surface area contributed by atoms with Gasteiger partial charge in [-0.15, -0.1) is 0 Å². The highest BCUT2D eigenvalue weighted by Gasteiger charge is 2.33. The van der Waals surface area contributed by atoms with Crippen molar-refractivity contribution in [3.63, 3.8) is 0 Å². The Labute approximate surface area is 223 Å². The lowest BCUT2D eigenvalue weighted by Gasteiger charge is -2.26. The van der Waals surface area contributed by atoms with Gasteiger partial charge in [0.15, 0.2) is 0 Å². The first-order valence-electron chi connectivity index (χ1n) is 12.3. The van der Waals surface area contributed by atoms with Crippen molar-refractivity contribution >= 4 is 29.3 Å². The van der Waals surface area contributed by atoms with Gasteiger partial charge >= 0.3 is 12.5 Å². The van der Waals surface area contributed by atoms with Gasteiger partial charge in [-0.3, -0.25) is 24.3 Å². The number of aromatic nitrogens is 1. The van der Waals surface area contributed by atoms with Gasteiger partial charge < -0.3 is 20.3 Å². The Hall–Kier alpha value is -3.91. The molecule has 1 aliphatic rings. The maximum atomic E-state index is 15.0. The molecule has 1 aromatic heterocycles. The molecule has 2 aromatic rings. The highest BCUT2D eigenvalue weighted by molar-refractivity contribution is 5.90. The van der Waals surface area contributed by atoms with E-state index in [-0.39, 0.29) is 50.1 Å². The minimum absolute atomic E-state index is 0.0375. The number of nitrogens with one attached hydrogen (secondary N) is 2. The molecule has 0 saturated carbocycles. The van der Waals surface area contributed by atoms with Crippen molar-refractivity contribution < 1.29 is 37.1 Å². The third kappa shape index (κ3) is 8.55. The minimum atomic E-state index is -3.17. The van der Waals surface area contributed by atoms with Crippen LogP contribution in [-0.2, 0) is 25.7 Å². The summed E-state index contributed by atoms with van der Waals surface area (Å²) in [7, 11) is 1.50. The van der Waals surface area contributed by atoms with Crippen LogP contribution in [0.25, 0.3) is 0 Å². The van der Waals surface area contributed by atoms with Gasteiger partial charge in [0.05, 0.1) is 37.6 Å². The number of likely N-dealkylation sites (N-methyl/N-ethyl adjacent to an activating group) is 2. The molecule has 0 radical (unpaired) electrons. The molecule has 3 amide bonds. The molecule has 1 aliphatic heterocycles. The van der Waals surface area contributed by atoms with Gasteiger partial charge in [0.1, 0.15) is 11.9 Å². The van der Waals surface area contributed by atoms with E-state index in [1.807, 2.05) is 24.4 Å². The van der Waals surface area contributed by atoms with Crippen LogP contribution < -0.4 is 20.4 Å². The smallest absolute Gasteiger partial charge is 0.414 e. The molecule has 11 nitrogen and oxygen atoms in total. The molecule has 1 fully saturated rings. The van der Waals surface area contributed by atoms with Crippen LogP contribution in [0.1, 0.15) is 12.5 Å². The average Bonchev–Trinajstić information content (AvgIpc) is 3.30. The van der Waals surface area contributed by atoms with Crippen LogP contribution in [0.3, 0.4) is 0 Å². The van der Waals surface area contributed by atoms with Gasteiger partial charge in [0.25, 0.3) is 11.8 Å². The average molecular weight is 553 g/mol. The zero-order valence-corrected chi connectivity index (χ0v) is 21.6. The summed E-state index contributed by atoms with van der Waals surface area (Å²) in [6, 6.07) is 7.90. The molecule has 0 aliphatic carbocycles. The Kier molecular flexibility index (Phi) is 10.9. The molecule has 1 atom stereocenters. The van der Waals surface area contributed by atoms with E-state index < -0.39 is 30.3 Å². The molecule has 1 saturated heterocycles. The van der Waals surface area contributed by atoms with E-state index in [9.17, 15) is 23.2 Å². The van der Waals surface area contributed by atoms with E-state index in [2.05, 4.69) is 10.3 Å². The molecular weight excluding hydrogens is 521 g/mol. The monoisotopic (exact) mass is 552 g/mol. The predicted molar refractivity (Wildman–Crippen MR) is 136 cm³/mol. The van der Waals surface area contributed by atoms with Crippen molar-refractivity contribution in [2.75, 3.05) is 56.2 Å². The normalized spacial score (nSPS) is 14.9. The largest absolute Gasteiger partial charge is 0.442 e. The summed E-state index contributed by atoms with van der Waals surface area (Å²) in [5.41, 5.74) is 1.49. The minimum Gasteiger partial charge on any atom is -0.442 e. The van der Waals surface area contributed by atoms with Crippen LogP contribution in [0.15, 0.2) is 42.7 Å². The second-order valence-electron chi connectivity index (χ2n) is 8.56. The second kappa shape index (κ2) is 14.3. The molecule has 1 aromatic carbocycles. The summed E-state index contributed by atoms with van der Waals surface area (Å²) in [6.07, 6.45) is -1.46. The van der Waals surface area contributed by atoms with E-state index in [0.29, 0.717) is 13.1 Å². The molecule has 0 unspecified atom stereocenters. The van der Waals surface area contributed by atoms with Crippen molar-refractivity contribution in [2.24, 2.45) is 0 Å². The first kappa shape index (κ1) is 29.6. The van der Waals surface area contributed by atoms with Crippen LogP contribution in [0.5, 0.6) is 0 Å². The van der Waals surface area contributed by atoms with E-state index in [1.54, 1.807) is 17.3 Å². The van der Waals surface area contributed by atoms with Crippen molar-refractivity contribution in [3.8, 4) is 0 Å². The van der Waals surface area contributed by atoms with E-state index in [4.69, 9.17) is 9.57 Å². The highest BCUT2D eigenvalue weighted by Crippen LogP contribution is 2.28. The summed E-state index contributed by atoms with van der Waals surface area (Å²) in [5.74, 6) is -2.33. The number of rotatable bonds is 14. The van der Waals surface area contributed by atoms with Crippen LogP contribution in [0.2, 0.25) is 0 Å². The number of pyridine rings is 1. The Morgan fingerprint density at radius 2 is 2.00 bits per heavy atom. The number of hydroxylamine groups is 2. The molecular formula is C25H31F3N6O5. The standard InChI is InChI=1S/C25H31F3N6O5/c1-3-33(10-11-38-32(2)22(35)15-30-13-17-6-8-29-9-7-17)21-5-4-18(12-20(21)26)34-16-19(39-25(34)37)14-31-24(36)23(27)28/h4-9,12,19,23,30H,3,10-11,13-16H2,1-2H3,(H,31,36)/t19-/m0/s1. The Morgan fingerprint density at radius 3 is 2.67 bits per heavy atom. The van der Waals surface area contributed by atoms with Gasteiger partial charge in [0.2, 0.25) is 0 Å². The van der Waals surface area contributed by atoms with Crippen molar-refractivity contribution in [1.82, 2.24) is 20.7 Å². The molecule has 39 heavy (non-hydrogen) atoms. The topological polar surface area (TPSA) is 116 Å². The number of amides is 3. The van der Waals surface area contributed by atoms with Gasteiger partial charge in [0, 0.05) is 39.1 Å². The summed E-state index contributed by atoms with van der Waals surface area (Å²) in [5, 5.41) is 6.16. The third-order valence-electron chi connectivity index (χ3n) is 5.89. The van der Waals surface area contributed by atoms with Crippen LogP contribution >= 0.6 is 0 Å². The Morgan fingerprint density at radius 1 is 1.26 bits per heavy atom. The SMILES string of the molecule is CCN(CCON(C)C(=O)CNCc1ccncc1)c1ccc(N2C[C@H](CNC(=O)C(F)F)OC2=O)cc1F. The first-order valence-corrected chi connectivity index (χ1v) is 12.3. The molecule has 2 heterocycles. The number of ether oxygens (including phenoxy) is 1. The fourth-order valence-corrected chi connectivity index (χ4v) is 3.79. The highest BCUT2D eigenvalue weighted by atomic mass is 19.3. The molecule has 3 rings (SSSR count). The van der Waals surface area contributed by atoms with Crippen LogP contribution in [0.4, 0.5) is 29.3 Å². The summed E-state index contributed by atoms with van der Waals surface area (Å²) >= 11 is 0. The quantitative estimate of drug-likeness (QED) is 0.342. The van der Waals surface area contributed by atoms with Gasteiger partial charge in [-0.1, -0.05) is 0 Å². The molecule has 14 heteroatoms. The fraction of sp³-hybridized carbons (Fsp3) is 0.440. The third-order valence-corrected chi connectivity index (χ3v) is 5.89. The lowest BCUT2D eigenvalue weighted by Crippen LogP contribution is -2.38. The van der Waals surface area contributed by atoms with Crippen LogP contribution in [0, 0.1) is 5.82 Å². The summed E-state index contributed by atoms with van der Waals surface area (Å²) < 4.78 is 44.8. The number of halogens is 3. The van der Waals surface area contributed by atoms with Gasteiger partial charge in [-0.25, -0.2) is 14.2 Å². The van der Waals surface area contributed by atoms with Crippen molar-refractivity contribution in [2.45, 2.75) is 26.0 Å². The predicted octanol–water partition coefficient (Wildman–Crippen LogP) is 1.93. The zero-order chi connectivity index (χ0) is 28.4. The van der Waals surface area contributed by atoms with E-state index in [0.717, 1.165) is 15.5 Å². The lowest BCUT2D eigenvalue weighted by molar-refractivity contribution is -0.176. The second-order valence-corrected chi connectivity index (χ2v) is 8.56. The maximum absolute atomic E-state index is 15.0. The Balaban J connectivity index is 1.47. The molecule has 212 valence electrons. The number of anilines is 2. The van der Waals surface area contributed by atoms with Crippen molar-refractivity contribution in [3.05, 3.63) is 54.1 Å². The fourth-order valence-electron chi connectivity index (χ4n) is 3.79. The number of alkyl halides is 2. The number of nitrogens with zero attached hydrogens (tertiary/aromatic N) is 4. The molecule has 2 N–H and O–H groups in total. The number of carbonyl (C=O) groups excluding carboxylic acids is 3. The number of cyclic esters (lactones) is 1. The molecule has 0 spiro atoms. The number of carbonyl (C=O) groups is 3. The number of benzene rings is 1. The molecule has 0 bridgehead atoms. The van der Waals surface area contributed by atoms with Crippen LogP contribution in [-0.4, -0.2) is 86.9 Å². The van der Waals surface area contributed by atoms with Gasteiger partial charge in [-0.05, 0) is 42.8 Å². The summed E-state index contributed by atoms with van der Waals surface area (Å²) in [4.78, 5) is 47.8. The zero-order valence-electron chi connectivity index (χ0n) is 21.6. The van der Waals surface area contributed by atoms with Gasteiger partial charge in [-0.2, -0.15) is 8.78 Å². The Bertz CT molecular complexity index is 1130. The van der Waals surface area contributed by atoms with Crippen molar-refractivity contribution in [1.29, 1.82) is 0 Å². The number of hydrogen-bond acceptors (Lipinski definition) is 8.